The van der Waals surface area contributed by atoms with Crippen LogP contribution in [0, 0.1) is 6.92 Å². The van der Waals surface area contributed by atoms with Crippen LogP contribution in [-0.4, -0.2) is 19.7 Å². The second kappa shape index (κ2) is 4.36. The lowest BCUT2D eigenvalue weighted by atomic mass is 10.3. The molecule has 1 aromatic carbocycles. The van der Waals surface area contributed by atoms with E-state index in [0.717, 1.165) is 11.1 Å². The Morgan fingerprint density at radius 3 is 2.74 bits per heavy atom. The van der Waals surface area contributed by atoms with Gasteiger partial charge >= 0.3 is 0 Å². The van der Waals surface area contributed by atoms with Crippen molar-refractivity contribution in [2.75, 3.05) is 5.73 Å². The zero-order valence-electron chi connectivity index (χ0n) is 9.93. The highest BCUT2D eigenvalue weighted by Gasteiger charge is 2.15. The molecule has 0 saturated carbocycles. The summed E-state index contributed by atoms with van der Waals surface area (Å²) in [7, 11) is 0. The first-order chi connectivity index (χ1) is 9.08. The van der Waals surface area contributed by atoms with Gasteiger partial charge in [0, 0.05) is 5.02 Å². The molecule has 0 aliphatic rings. The first-order valence-corrected chi connectivity index (χ1v) is 6.25. The molecule has 3 aromatic rings. The van der Waals surface area contributed by atoms with Gasteiger partial charge in [0.15, 0.2) is 5.65 Å². The van der Waals surface area contributed by atoms with Gasteiger partial charge in [-0.2, -0.15) is 5.10 Å². The van der Waals surface area contributed by atoms with Gasteiger partial charge in [0.1, 0.15) is 12.1 Å². The van der Waals surface area contributed by atoms with Crippen molar-refractivity contribution in [3.63, 3.8) is 0 Å². The number of fused-ring (bicyclic) bond motifs is 1. The first-order valence-electron chi connectivity index (χ1n) is 5.49. The van der Waals surface area contributed by atoms with Gasteiger partial charge in [-0.05, 0) is 25.1 Å². The maximum Gasteiger partial charge on any atom is 0.168 e. The Balaban J connectivity index is 2.35. The molecule has 0 aliphatic carbocycles. The van der Waals surface area contributed by atoms with Gasteiger partial charge in [0.05, 0.1) is 21.8 Å². The van der Waals surface area contributed by atoms with Crippen LogP contribution in [0.3, 0.4) is 0 Å². The summed E-state index contributed by atoms with van der Waals surface area (Å²) < 4.78 is 1.64. The van der Waals surface area contributed by atoms with E-state index in [2.05, 4.69) is 15.1 Å². The molecule has 0 unspecified atom stereocenters. The number of rotatable bonds is 1. The molecule has 0 spiro atoms. The first kappa shape index (κ1) is 12.2. The van der Waals surface area contributed by atoms with Crippen LogP contribution in [-0.2, 0) is 0 Å². The van der Waals surface area contributed by atoms with Gasteiger partial charge < -0.3 is 5.73 Å². The van der Waals surface area contributed by atoms with Crippen LogP contribution in [0.4, 0.5) is 5.82 Å². The highest BCUT2D eigenvalue weighted by molar-refractivity contribution is 6.35. The molecule has 5 nitrogen and oxygen atoms in total. The molecule has 0 amide bonds. The Bertz CT molecular complexity index is 781. The monoisotopic (exact) mass is 293 g/mol. The van der Waals surface area contributed by atoms with E-state index in [1.54, 1.807) is 22.9 Å². The van der Waals surface area contributed by atoms with Gasteiger partial charge in [-0.15, -0.1) is 0 Å². The molecule has 2 aromatic heterocycles. The number of aryl methyl sites for hydroxylation is 1. The second-order valence-electron chi connectivity index (χ2n) is 4.05. The van der Waals surface area contributed by atoms with E-state index in [-0.39, 0.29) is 0 Å². The van der Waals surface area contributed by atoms with Gasteiger partial charge in [-0.3, -0.25) is 0 Å². The van der Waals surface area contributed by atoms with Gasteiger partial charge in [0.25, 0.3) is 0 Å². The summed E-state index contributed by atoms with van der Waals surface area (Å²) in [5, 5.41) is 6.21. The smallest absolute Gasteiger partial charge is 0.168 e. The van der Waals surface area contributed by atoms with Crippen molar-refractivity contribution in [3.05, 3.63) is 40.3 Å². The molecule has 96 valence electrons. The molecule has 0 radical (unpaired) electrons. The Kier molecular flexibility index (Phi) is 2.80. The number of nitrogens with zero attached hydrogens (tertiary/aromatic N) is 4. The van der Waals surface area contributed by atoms with Crippen LogP contribution >= 0.6 is 23.2 Å². The van der Waals surface area contributed by atoms with Crippen LogP contribution in [0.25, 0.3) is 16.7 Å². The van der Waals surface area contributed by atoms with E-state index in [0.29, 0.717) is 27.2 Å². The molecule has 2 N–H and O–H groups in total. The predicted molar refractivity (Wildman–Crippen MR) is 75.8 cm³/mol. The Labute approximate surface area is 119 Å². The Morgan fingerprint density at radius 1 is 1.21 bits per heavy atom. The molecule has 0 bridgehead atoms. The molecule has 0 saturated heterocycles. The van der Waals surface area contributed by atoms with Crippen molar-refractivity contribution in [2.45, 2.75) is 6.92 Å². The van der Waals surface area contributed by atoms with Crippen LogP contribution in [0.1, 0.15) is 5.69 Å². The van der Waals surface area contributed by atoms with Crippen LogP contribution in [0.5, 0.6) is 0 Å². The molecule has 3 rings (SSSR count). The Hall–Kier alpha value is -1.85. The molecule has 7 heteroatoms. The normalized spacial score (nSPS) is 11.1. The molecule has 0 fully saturated rings. The summed E-state index contributed by atoms with van der Waals surface area (Å²) in [5.74, 6) is 0.402. The number of nitrogens with two attached hydrogens (primary N) is 1. The van der Waals surface area contributed by atoms with E-state index in [1.165, 1.54) is 6.33 Å². The molecular formula is C12H9Cl2N5. The fourth-order valence-electron chi connectivity index (χ4n) is 1.97. The van der Waals surface area contributed by atoms with Gasteiger partial charge in [-0.25, -0.2) is 14.6 Å². The number of benzene rings is 1. The minimum atomic E-state index is 0.402. The summed E-state index contributed by atoms with van der Waals surface area (Å²) in [5.41, 5.74) is 7.92. The quantitative estimate of drug-likeness (QED) is 0.749. The highest BCUT2D eigenvalue weighted by atomic mass is 35.5. The van der Waals surface area contributed by atoms with Crippen molar-refractivity contribution in [1.29, 1.82) is 0 Å². The lowest BCUT2D eigenvalue weighted by Crippen LogP contribution is -1.99. The summed E-state index contributed by atoms with van der Waals surface area (Å²) >= 11 is 12.1. The number of halogens is 2. The maximum atomic E-state index is 6.19. The SMILES string of the molecule is Cc1nn(-c2ccc(Cl)cc2Cl)c2ncnc(N)c12. The highest BCUT2D eigenvalue weighted by Crippen LogP contribution is 2.28. The fraction of sp³-hybridized carbons (Fsp3) is 0.0833. The summed E-state index contributed by atoms with van der Waals surface area (Å²) in [6, 6.07) is 5.19. The average molecular weight is 294 g/mol. The molecule has 0 atom stereocenters. The third-order valence-corrected chi connectivity index (χ3v) is 3.34. The number of hydrogen-bond donors (Lipinski definition) is 1. The number of anilines is 1. The van der Waals surface area contributed by atoms with E-state index in [9.17, 15) is 0 Å². The van der Waals surface area contributed by atoms with Crippen molar-refractivity contribution in [3.8, 4) is 5.69 Å². The van der Waals surface area contributed by atoms with Gasteiger partial charge in [-0.1, -0.05) is 23.2 Å². The number of hydrogen-bond acceptors (Lipinski definition) is 4. The summed E-state index contributed by atoms with van der Waals surface area (Å²) in [4.78, 5) is 8.19. The molecule has 19 heavy (non-hydrogen) atoms. The lowest BCUT2D eigenvalue weighted by Gasteiger charge is -2.05. The minimum absolute atomic E-state index is 0.402. The van der Waals surface area contributed by atoms with Gasteiger partial charge in [0.2, 0.25) is 0 Å². The van der Waals surface area contributed by atoms with Crippen molar-refractivity contribution in [2.24, 2.45) is 0 Å². The van der Waals surface area contributed by atoms with E-state index >= 15 is 0 Å². The molecular weight excluding hydrogens is 285 g/mol. The second-order valence-corrected chi connectivity index (χ2v) is 4.89. The third-order valence-electron chi connectivity index (χ3n) is 2.81. The van der Waals surface area contributed by atoms with Crippen molar-refractivity contribution >= 4 is 40.1 Å². The Morgan fingerprint density at radius 2 is 2.00 bits per heavy atom. The largest absolute Gasteiger partial charge is 0.383 e. The molecule has 2 heterocycles. The average Bonchev–Trinajstić information content (AvgIpc) is 2.68. The zero-order chi connectivity index (χ0) is 13.6. The summed E-state index contributed by atoms with van der Waals surface area (Å²) in [6.45, 7) is 1.85. The lowest BCUT2D eigenvalue weighted by molar-refractivity contribution is 0.876. The number of aromatic nitrogens is 4. The van der Waals surface area contributed by atoms with Crippen LogP contribution in [0.2, 0.25) is 10.0 Å². The maximum absolute atomic E-state index is 6.19. The van der Waals surface area contributed by atoms with Crippen molar-refractivity contribution < 1.29 is 0 Å². The van der Waals surface area contributed by atoms with E-state index in [1.807, 2.05) is 6.92 Å². The van der Waals surface area contributed by atoms with Crippen LogP contribution < -0.4 is 5.73 Å². The molecule has 0 aliphatic heterocycles. The summed E-state index contributed by atoms with van der Waals surface area (Å²) in [6.07, 6.45) is 1.40. The third kappa shape index (κ3) is 1.91. The topological polar surface area (TPSA) is 69.6 Å². The van der Waals surface area contributed by atoms with Crippen LogP contribution in [0.15, 0.2) is 24.5 Å². The van der Waals surface area contributed by atoms with E-state index < -0.39 is 0 Å². The minimum Gasteiger partial charge on any atom is -0.383 e. The predicted octanol–water partition coefficient (Wildman–Crippen LogP) is 3.01. The fourth-order valence-corrected chi connectivity index (χ4v) is 2.45. The van der Waals surface area contributed by atoms with Crippen molar-refractivity contribution in [1.82, 2.24) is 19.7 Å². The number of nitrogen functional groups attached to an aromatic ring is 1. The van der Waals surface area contributed by atoms with E-state index in [4.69, 9.17) is 28.9 Å². The standard InChI is InChI=1S/C12H9Cl2N5/c1-6-10-11(15)16-5-17-12(10)19(18-6)9-3-2-7(13)4-8(9)14/h2-5H,1H3,(H2,15,16,17). The zero-order valence-corrected chi connectivity index (χ0v) is 11.4.